The van der Waals surface area contributed by atoms with Crippen LogP contribution < -0.4 is 4.74 Å². The summed E-state index contributed by atoms with van der Waals surface area (Å²) in [5.74, 6) is -2.95. The quantitative estimate of drug-likeness (QED) is 0.644. The number of halogens is 6. The highest BCUT2D eigenvalue weighted by atomic mass is 127. The van der Waals surface area contributed by atoms with Crippen LogP contribution in [0.3, 0.4) is 0 Å². The van der Waals surface area contributed by atoms with Crippen LogP contribution in [0.5, 0.6) is 5.88 Å². The van der Waals surface area contributed by atoms with Crippen molar-refractivity contribution in [2.24, 2.45) is 0 Å². The average molecular weight is 383 g/mol. The van der Waals surface area contributed by atoms with Gasteiger partial charge in [0.15, 0.2) is 5.69 Å². The molecule has 0 aliphatic rings. The third-order valence-electron chi connectivity index (χ3n) is 1.62. The highest BCUT2D eigenvalue weighted by Gasteiger charge is 2.34. The molecule has 0 atom stereocenters. The molecule has 0 aliphatic carbocycles. The number of carbonyl (C=O) groups is 1. The molecule has 1 N–H and O–H groups in total. The molecule has 18 heavy (non-hydrogen) atoms. The van der Waals surface area contributed by atoms with Gasteiger partial charge in [-0.25, -0.2) is 18.6 Å². The summed E-state index contributed by atoms with van der Waals surface area (Å²) >= 11 is 1.18. The highest BCUT2D eigenvalue weighted by molar-refractivity contribution is 14.1. The molecule has 0 bridgehead atoms. The molecule has 1 heterocycles. The van der Waals surface area contributed by atoms with Gasteiger partial charge in [-0.1, -0.05) is 0 Å². The third kappa shape index (κ3) is 3.65. The molecular weight excluding hydrogens is 380 g/mol. The van der Waals surface area contributed by atoms with Crippen LogP contribution in [-0.4, -0.2) is 22.4 Å². The average Bonchev–Trinajstić information content (AvgIpc) is 2.18. The van der Waals surface area contributed by atoms with Gasteiger partial charge in [-0.05, 0) is 28.7 Å². The molecule has 0 unspecified atom stereocenters. The number of alkyl halides is 5. The van der Waals surface area contributed by atoms with Crippen LogP contribution >= 0.6 is 22.6 Å². The first-order chi connectivity index (χ1) is 8.11. The van der Waals surface area contributed by atoms with Gasteiger partial charge < -0.3 is 9.84 Å². The van der Waals surface area contributed by atoms with E-state index in [1.54, 1.807) is 0 Å². The van der Waals surface area contributed by atoms with E-state index < -0.39 is 39.5 Å². The Morgan fingerprint density at radius 2 is 2.00 bits per heavy atom. The predicted molar refractivity (Wildman–Crippen MR) is 55.6 cm³/mol. The Morgan fingerprint density at radius 1 is 1.44 bits per heavy atom. The molecule has 0 aromatic carbocycles. The molecule has 1 aromatic heterocycles. The van der Waals surface area contributed by atoms with Gasteiger partial charge in [-0.3, -0.25) is 0 Å². The molecule has 100 valence electrons. The SMILES string of the molecule is O=C(O)c1cc(C(F)F)c(I)c(OC(F)(F)F)n1. The van der Waals surface area contributed by atoms with Crippen LogP contribution in [0.1, 0.15) is 22.5 Å². The zero-order valence-electron chi connectivity index (χ0n) is 8.13. The van der Waals surface area contributed by atoms with Crippen molar-refractivity contribution in [3.05, 3.63) is 20.9 Å². The van der Waals surface area contributed by atoms with Crippen LogP contribution in [0.2, 0.25) is 0 Å². The van der Waals surface area contributed by atoms with Gasteiger partial charge in [0.1, 0.15) is 0 Å². The van der Waals surface area contributed by atoms with Gasteiger partial charge in [0.25, 0.3) is 6.43 Å². The van der Waals surface area contributed by atoms with Crippen molar-refractivity contribution < 1.29 is 36.6 Å². The maximum absolute atomic E-state index is 12.5. The van der Waals surface area contributed by atoms with E-state index in [4.69, 9.17) is 5.11 Å². The number of hydrogen-bond donors (Lipinski definition) is 1. The largest absolute Gasteiger partial charge is 0.574 e. The summed E-state index contributed by atoms with van der Waals surface area (Å²) in [6, 6.07) is 0.498. The molecule has 10 heteroatoms. The maximum Gasteiger partial charge on any atom is 0.574 e. The first-order valence-corrected chi connectivity index (χ1v) is 5.17. The number of rotatable bonds is 3. The van der Waals surface area contributed by atoms with E-state index in [0.717, 1.165) is 0 Å². The van der Waals surface area contributed by atoms with Crippen molar-refractivity contribution >= 4 is 28.6 Å². The summed E-state index contributed by atoms with van der Waals surface area (Å²) in [5, 5.41) is 8.56. The van der Waals surface area contributed by atoms with E-state index in [2.05, 4.69) is 9.72 Å². The summed E-state index contributed by atoms with van der Waals surface area (Å²) in [4.78, 5) is 13.6. The van der Waals surface area contributed by atoms with E-state index in [1.807, 2.05) is 0 Å². The molecule has 0 saturated heterocycles. The third-order valence-corrected chi connectivity index (χ3v) is 2.71. The summed E-state index contributed by atoms with van der Waals surface area (Å²) in [6.07, 6.45) is -8.29. The number of hydrogen-bond acceptors (Lipinski definition) is 3. The van der Waals surface area contributed by atoms with Crippen LogP contribution in [-0.2, 0) is 0 Å². The number of ether oxygens (including phenoxy) is 1. The summed E-state index contributed by atoms with van der Waals surface area (Å²) in [5.41, 5.74) is -1.84. The minimum atomic E-state index is -5.15. The Balaban J connectivity index is 3.36. The molecule has 4 nitrogen and oxygen atoms in total. The van der Waals surface area contributed by atoms with Crippen molar-refractivity contribution in [3.8, 4) is 5.88 Å². The summed E-state index contributed by atoms with van der Waals surface area (Å²) in [7, 11) is 0. The molecule has 0 spiro atoms. The summed E-state index contributed by atoms with van der Waals surface area (Å²) < 4.78 is 63.8. The van der Waals surface area contributed by atoms with E-state index >= 15 is 0 Å². The van der Waals surface area contributed by atoms with Crippen LogP contribution in [0, 0.1) is 3.57 Å². The molecular formula is C8H3F5INO3. The standard InChI is InChI=1S/C8H3F5INO3/c9-5(10)2-1-3(7(16)17)15-6(4(2)14)18-8(11,12)13/h1,5H,(H,16,17). The lowest BCUT2D eigenvalue weighted by atomic mass is 10.2. The number of carboxylic acid groups (broad SMARTS) is 1. The second-order valence-electron chi connectivity index (χ2n) is 2.87. The Morgan fingerprint density at radius 3 is 2.39 bits per heavy atom. The molecule has 0 saturated carbocycles. The van der Waals surface area contributed by atoms with E-state index in [0.29, 0.717) is 6.07 Å². The van der Waals surface area contributed by atoms with Gasteiger partial charge in [0, 0.05) is 5.56 Å². The van der Waals surface area contributed by atoms with Crippen molar-refractivity contribution in [2.75, 3.05) is 0 Å². The molecule has 0 amide bonds. The van der Waals surface area contributed by atoms with Crippen molar-refractivity contribution in [3.63, 3.8) is 0 Å². The Labute approximate surface area is 110 Å². The lowest BCUT2D eigenvalue weighted by Crippen LogP contribution is -2.20. The summed E-state index contributed by atoms with van der Waals surface area (Å²) in [6.45, 7) is 0. The van der Waals surface area contributed by atoms with Crippen molar-refractivity contribution in [1.82, 2.24) is 4.98 Å². The Kier molecular flexibility index (Phi) is 4.29. The molecule has 0 radical (unpaired) electrons. The first kappa shape index (κ1) is 14.9. The second-order valence-corrected chi connectivity index (χ2v) is 3.95. The molecule has 0 fully saturated rings. The minimum absolute atomic E-state index is 0.498. The fourth-order valence-corrected chi connectivity index (χ4v) is 1.59. The zero-order valence-corrected chi connectivity index (χ0v) is 10.3. The minimum Gasteiger partial charge on any atom is -0.477 e. The van der Waals surface area contributed by atoms with Crippen molar-refractivity contribution in [2.45, 2.75) is 12.8 Å². The smallest absolute Gasteiger partial charge is 0.477 e. The van der Waals surface area contributed by atoms with Crippen LogP contribution in [0.25, 0.3) is 0 Å². The number of nitrogens with zero attached hydrogens (tertiary/aromatic N) is 1. The van der Waals surface area contributed by atoms with Gasteiger partial charge in [-0.2, -0.15) is 0 Å². The number of aromatic carboxylic acids is 1. The molecule has 1 rings (SSSR count). The number of pyridine rings is 1. The fraction of sp³-hybridized carbons (Fsp3) is 0.250. The first-order valence-electron chi connectivity index (χ1n) is 4.09. The van der Waals surface area contributed by atoms with E-state index in [9.17, 15) is 26.7 Å². The van der Waals surface area contributed by atoms with Crippen LogP contribution in [0.4, 0.5) is 22.0 Å². The lowest BCUT2D eigenvalue weighted by molar-refractivity contribution is -0.276. The lowest BCUT2D eigenvalue weighted by Gasteiger charge is -2.12. The second kappa shape index (κ2) is 5.20. The fourth-order valence-electron chi connectivity index (χ4n) is 0.970. The zero-order chi connectivity index (χ0) is 14.1. The molecule has 1 aromatic rings. The van der Waals surface area contributed by atoms with E-state index in [1.165, 1.54) is 22.6 Å². The van der Waals surface area contributed by atoms with Crippen LogP contribution in [0.15, 0.2) is 6.07 Å². The predicted octanol–water partition coefficient (Wildman–Crippen LogP) is 3.22. The highest BCUT2D eigenvalue weighted by Crippen LogP contribution is 2.33. The van der Waals surface area contributed by atoms with Gasteiger partial charge in [0.05, 0.1) is 3.57 Å². The normalized spacial score (nSPS) is 11.7. The Bertz CT molecular complexity index is 477. The van der Waals surface area contributed by atoms with Gasteiger partial charge >= 0.3 is 12.3 Å². The van der Waals surface area contributed by atoms with E-state index in [-0.39, 0.29) is 0 Å². The van der Waals surface area contributed by atoms with Gasteiger partial charge in [0.2, 0.25) is 5.88 Å². The van der Waals surface area contributed by atoms with Crippen molar-refractivity contribution in [1.29, 1.82) is 0 Å². The number of aromatic nitrogens is 1. The topological polar surface area (TPSA) is 59.4 Å². The Hall–Kier alpha value is -1.20. The monoisotopic (exact) mass is 383 g/mol. The maximum atomic E-state index is 12.5. The number of carboxylic acids is 1. The molecule has 0 aliphatic heterocycles. The van der Waals surface area contributed by atoms with Gasteiger partial charge in [-0.15, -0.1) is 13.2 Å².